The first kappa shape index (κ1) is 14.3. The zero-order valence-electron chi connectivity index (χ0n) is 12.6. The summed E-state index contributed by atoms with van der Waals surface area (Å²) in [6, 6.07) is 1.59. The molecule has 2 heteroatoms. The van der Waals surface area contributed by atoms with E-state index in [0.29, 0.717) is 0 Å². The molecule has 0 spiro atoms. The van der Waals surface area contributed by atoms with Crippen molar-refractivity contribution in [2.45, 2.75) is 70.9 Å². The molecule has 2 nitrogen and oxygen atoms in total. The summed E-state index contributed by atoms with van der Waals surface area (Å²) in [5, 5.41) is 3.78. The van der Waals surface area contributed by atoms with Gasteiger partial charge in [-0.15, -0.1) is 0 Å². The van der Waals surface area contributed by atoms with Gasteiger partial charge in [0.05, 0.1) is 0 Å². The van der Waals surface area contributed by atoms with E-state index < -0.39 is 0 Å². The molecule has 0 bridgehead atoms. The fourth-order valence-corrected chi connectivity index (χ4v) is 3.50. The number of hydrogen-bond donors (Lipinski definition) is 1. The molecule has 0 saturated heterocycles. The van der Waals surface area contributed by atoms with Crippen LogP contribution in [0.4, 0.5) is 0 Å². The maximum absolute atomic E-state index is 3.78. The molecular formula is C16H32N2. The summed E-state index contributed by atoms with van der Waals surface area (Å²) in [4.78, 5) is 2.63. The molecule has 0 aromatic carbocycles. The minimum atomic E-state index is 0.785. The van der Waals surface area contributed by atoms with Crippen LogP contribution in [0.3, 0.4) is 0 Å². The van der Waals surface area contributed by atoms with Crippen LogP contribution in [0.1, 0.15) is 58.8 Å². The van der Waals surface area contributed by atoms with Crippen molar-refractivity contribution in [1.82, 2.24) is 10.2 Å². The number of nitrogens with one attached hydrogen (secondary N) is 1. The molecule has 0 aromatic rings. The van der Waals surface area contributed by atoms with Gasteiger partial charge in [-0.05, 0) is 64.5 Å². The molecule has 0 radical (unpaired) electrons. The molecule has 18 heavy (non-hydrogen) atoms. The van der Waals surface area contributed by atoms with Crippen LogP contribution >= 0.6 is 0 Å². The van der Waals surface area contributed by atoms with Crippen LogP contribution < -0.4 is 5.32 Å². The van der Waals surface area contributed by atoms with Gasteiger partial charge in [0.2, 0.25) is 0 Å². The van der Waals surface area contributed by atoms with Crippen molar-refractivity contribution in [3.63, 3.8) is 0 Å². The lowest BCUT2D eigenvalue weighted by atomic mass is 9.83. The van der Waals surface area contributed by atoms with Crippen LogP contribution in [0.5, 0.6) is 0 Å². The van der Waals surface area contributed by atoms with E-state index in [1.54, 1.807) is 0 Å². The molecule has 0 heterocycles. The van der Waals surface area contributed by atoms with Gasteiger partial charge in [-0.2, -0.15) is 0 Å². The smallest absolute Gasteiger partial charge is 0.0107 e. The summed E-state index contributed by atoms with van der Waals surface area (Å²) in [5.74, 6) is 1.89. The van der Waals surface area contributed by atoms with E-state index >= 15 is 0 Å². The molecule has 2 aliphatic rings. The summed E-state index contributed by atoms with van der Waals surface area (Å²) in [7, 11) is 2.34. The predicted molar refractivity (Wildman–Crippen MR) is 78.9 cm³/mol. The second-order valence-corrected chi connectivity index (χ2v) is 6.62. The third-order valence-corrected chi connectivity index (χ3v) is 5.09. The zero-order valence-corrected chi connectivity index (χ0v) is 12.6. The van der Waals surface area contributed by atoms with Gasteiger partial charge in [0.1, 0.15) is 0 Å². The van der Waals surface area contributed by atoms with Crippen LogP contribution in [0.2, 0.25) is 0 Å². The molecule has 0 amide bonds. The molecule has 0 aromatic heterocycles. The molecule has 2 rings (SSSR count). The predicted octanol–water partition coefficient (Wildman–Crippen LogP) is 3.28. The summed E-state index contributed by atoms with van der Waals surface area (Å²) in [6.07, 6.45) is 9.90. The first-order valence-electron chi connectivity index (χ1n) is 8.16. The second kappa shape index (κ2) is 6.91. The third-order valence-electron chi connectivity index (χ3n) is 5.09. The van der Waals surface area contributed by atoms with Crippen molar-refractivity contribution in [1.29, 1.82) is 0 Å². The van der Waals surface area contributed by atoms with E-state index in [4.69, 9.17) is 0 Å². The average molecular weight is 252 g/mol. The maximum atomic E-state index is 3.78. The van der Waals surface area contributed by atoms with Gasteiger partial charge in [0.15, 0.2) is 0 Å². The Morgan fingerprint density at radius 2 is 1.89 bits per heavy atom. The van der Waals surface area contributed by atoms with Crippen molar-refractivity contribution in [2.24, 2.45) is 11.8 Å². The molecule has 3 unspecified atom stereocenters. The Kier molecular flexibility index (Phi) is 5.50. The first-order chi connectivity index (χ1) is 8.72. The minimum absolute atomic E-state index is 0.785. The Balaban J connectivity index is 1.80. The summed E-state index contributed by atoms with van der Waals surface area (Å²) < 4.78 is 0. The van der Waals surface area contributed by atoms with E-state index in [2.05, 4.69) is 31.1 Å². The monoisotopic (exact) mass is 252 g/mol. The van der Waals surface area contributed by atoms with E-state index in [1.807, 2.05) is 0 Å². The van der Waals surface area contributed by atoms with Gasteiger partial charge < -0.3 is 10.2 Å². The average Bonchev–Trinajstić information content (AvgIpc) is 3.21. The summed E-state index contributed by atoms with van der Waals surface area (Å²) in [6.45, 7) is 7.20. The van der Waals surface area contributed by atoms with E-state index in [9.17, 15) is 0 Å². The number of rotatable bonds is 7. The summed E-state index contributed by atoms with van der Waals surface area (Å²) >= 11 is 0. The maximum Gasteiger partial charge on any atom is 0.0107 e. The molecule has 0 aliphatic heterocycles. The van der Waals surface area contributed by atoms with Gasteiger partial charge in [0, 0.05) is 18.6 Å². The largest absolute Gasteiger partial charge is 0.314 e. The van der Waals surface area contributed by atoms with Gasteiger partial charge in [-0.25, -0.2) is 0 Å². The molecule has 3 atom stereocenters. The molecule has 2 saturated carbocycles. The number of nitrogens with zero attached hydrogens (tertiary/aromatic N) is 1. The highest BCUT2D eigenvalue weighted by Crippen LogP contribution is 2.35. The SMILES string of the molecule is CCCNC1CCCCC1CN(C)C(C)C1CC1. The molecule has 106 valence electrons. The van der Waals surface area contributed by atoms with E-state index in [-0.39, 0.29) is 0 Å². The Morgan fingerprint density at radius 3 is 2.56 bits per heavy atom. The molecule has 2 aliphatic carbocycles. The molecule has 2 fully saturated rings. The van der Waals surface area contributed by atoms with Crippen LogP contribution in [0.15, 0.2) is 0 Å². The van der Waals surface area contributed by atoms with Crippen molar-refractivity contribution < 1.29 is 0 Å². The Hall–Kier alpha value is -0.0800. The lowest BCUT2D eigenvalue weighted by molar-refractivity contribution is 0.151. The van der Waals surface area contributed by atoms with Gasteiger partial charge >= 0.3 is 0 Å². The highest BCUT2D eigenvalue weighted by atomic mass is 15.1. The van der Waals surface area contributed by atoms with Crippen molar-refractivity contribution in [2.75, 3.05) is 20.1 Å². The molecule has 1 N–H and O–H groups in total. The van der Waals surface area contributed by atoms with Crippen LogP contribution in [-0.4, -0.2) is 37.1 Å². The third kappa shape index (κ3) is 3.96. The van der Waals surface area contributed by atoms with Crippen LogP contribution in [0.25, 0.3) is 0 Å². The Labute approximate surface area is 114 Å². The first-order valence-corrected chi connectivity index (χ1v) is 8.16. The van der Waals surface area contributed by atoms with Gasteiger partial charge in [0.25, 0.3) is 0 Å². The van der Waals surface area contributed by atoms with Crippen LogP contribution in [0, 0.1) is 11.8 Å². The van der Waals surface area contributed by atoms with Crippen LogP contribution in [-0.2, 0) is 0 Å². The summed E-state index contributed by atoms with van der Waals surface area (Å²) in [5.41, 5.74) is 0. The number of hydrogen-bond acceptors (Lipinski definition) is 2. The highest BCUT2D eigenvalue weighted by Gasteiger charge is 2.33. The lowest BCUT2D eigenvalue weighted by Crippen LogP contribution is -2.45. The van der Waals surface area contributed by atoms with Crippen molar-refractivity contribution in [3.8, 4) is 0 Å². The van der Waals surface area contributed by atoms with Gasteiger partial charge in [-0.3, -0.25) is 0 Å². The fourth-order valence-electron chi connectivity index (χ4n) is 3.50. The van der Waals surface area contributed by atoms with Crippen molar-refractivity contribution in [3.05, 3.63) is 0 Å². The normalized spacial score (nSPS) is 30.7. The topological polar surface area (TPSA) is 15.3 Å². The zero-order chi connectivity index (χ0) is 13.0. The Bertz CT molecular complexity index is 237. The van der Waals surface area contributed by atoms with E-state index in [1.165, 1.54) is 58.0 Å². The van der Waals surface area contributed by atoms with E-state index in [0.717, 1.165) is 23.9 Å². The standard InChI is InChI=1S/C16H32N2/c1-4-11-17-16-8-6-5-7-15(16)12-18(3)13(2)14-9-10-14/h13-17H,4-12H2,1-3H3. The minimum Gasteiger partial charge on any atom is -0.314 e. The second-order valence-electron chi connectivity index (χ2n) is 6.62. The fraction of sp³-hybridized carbons (Fsp3) is 1.00. The highest BCUT2D eigenvalue weighted by molar-refractivity contribution is 4.88. The quantitative estimate of drug-likeness (QED) is 0.748. The lowest BCUT2D eigenvalue weighted by Gasteiger charge is -2.37. The molecular weight excluding hydrogens is 220 g/mol. The Morgan fingerprint density at radius 1 is 1.17 bits per heavy atom. The van der Waals surface area contributed by atoms with Crippen molar-refractivity contribution >= 4 is 0 Å². The van der Waals surface area contributed by atoms with Gasteiger partial charge in [-0.1, -0.05) is 19.8 Å².